The highest BCUT2D eigenvalue weighted by Crippen LogP contribution is 2.23. The zero-order valence-electron chi connectivity index (χ0n) is 11.7. The van der Waals surface area contributed by atoms with Gasteiger partial charge >= 0.3 is 0 Å². The minimum absolute atomic E-state index is 0.152. The van der Waals surface area contributed by atoms with E-state index in [0.717, 1.165) is 29.4 Å². The summed E-state index contributed by atoms with van der Waals surface area (Å²) in [5.41, 5.74) is 2.19. The molecule has 1 N–H and O–H groups in total. The summed E-state index contributed by atoms with van der Waals surface area (Å²) in [6, 6.07) is 10.2. The van der Waals surface area contributed by atoms with E-state index in [1.54, 1.807) is 18.4 Å². The van der Waals surface area contributed by atoms with Crippen LogP contribution in [0.1, 0.15) is 5.69 Å². The minimum atomic E-state index is 0.152. The largest absolute Gasteiger partial charge is 0.395 e. The maximum atomic E-state index is 9.10. The van der Waals surface area contributed by atoms with Crippen LogP contribution in [0.4, 0.5) is 0 Å². The Hall–Kier alpha value is -1.27. The summed E-state index contributed by atoms with van der Waals surface area (Å²) in [5, 5.41) is 12.2. The van der Waals surface area contributed by atoms with Crippen LogP contribution >= 0.6 is 11.3 Å². The van der Waals surface area contributed by atoms with Gasteiger partial charge in [0.05, 0.1) is 18.9 Å². The number of thiazole rings is 1. The Morgan fingerprint density at radius 3 is 2.75 bits per heavy atom. The number of aromatic nitrogens is 1. The van der Waals surface area contributed by atoms with Crippen LogP contribution in [0, 0.1) is 0 Å². The number of hydrogen-bond donors (Lipinski definition) is 1. The van der Waals surface area contributed by atoms with Crippen LogP contribution in [0.15, 0.2) is 35.7 Å². The lowest BCUT2D eigenvalue weighted by molar-refractivity contribution is 0.126. The third-order valence-corrected chi connectivity index (χ3v) is 3.93. The van der Waals surface area contributed by atoms with E-state index in [4.69, 9.17) is 9.84 Å². The van der Waals surface area contributed by atoms with Crippen molar-refractivity contribution < 1.29 is 9.84 Å². The van der Waals surface area contributed by atoms with Crippen LogP contribution in [0.2, 0.25) is 0 Å². The summed E-state index contributed by atoms with van der Waals surface area (Å²) in [6.45, 7) is 3.00. The minimum Gasteiger partial charge on any atom is -0.395 e. The fraction of sp³-hybridized carbons (Fsp3) is 0.400. The fourth-order valence-corrected chi connectivity index (χ4v) is 2.77. The molecule has 0 saturated carbocycles. The van der Waals surface area contributed by atoms with Gasteiger partial charge in [0.25, 0.3) is 0 Å². The zero-order chi connectivity index (χ0) is 14.2. The van der Waals surface area contributed by atoms with Gasteiger partial charge < -0.3 is 9.84 Å². The molecule has 108 valence electrons. The molecule has 20 heavy (non-hydrogen) atoms. The van der Waals surface area contributed by atoms with E-state index in [1.807, 2.05) is 18.2 Å². The summed E-state index contributed by atoms with van der Waals surface area (Å²) in [7, 11) is 1.69. The first-order valence-electron chi connectivity index (χ1n) is 6.65. The lowest BCUT2D eigenvalue weighted by atomic mass is 10.2. The van der Waals surface area contributed by atoms with Crippen LogP contribution in [-0.4, -0.2) is 48.4 Å². The lowest BCUT2D eigenvalue weighted by Gasteiger charge is -2.19. The van der Waals surface area contributed by atoms with Crippen molar-refractivity contribution in [3.05, 3.63) is 41.4 Å². The number of aliphatic hydroxyl groups is 1. The van der Waals surface area contributed by atoms with Crippen LogP contribution in [-0.2, 0) is 11.3 Å². The Morgan fingerprint density at radius 1 is 1.25 bits per heavy atom. The van der Waals surface area contributed by atoms with Gasteiger partial charge in [0.15, 0.2) is 0 Å². The van der Waals surface area contributed by atoms with Gasteiger partial charge in [-0.2, -0.15) is 0 Å². The number of ether oxygens (including phenoxy) is 1. The summed E-state index contributed by atoms with van der Waals surface area (Å²) in [6.07, 6.45) is 0. The second kappa shape index (κ2) is 8.11. The van der Waals surface area contributed by atoms with Crippen molar-refractivity contribution in [1.82, 2.24) is 9.88 Å². The van der Waals surface area contributed by atoms with E-state index in [-0.39, 0.29) is 6.61 Å². The van der Waals surface area contributed by atoms with E-state index >= 15 is 0 Å². The van der Waals surface area contributed by atoms with Crippen molar-refractivity contribution in [1.29, 1.82) is 0 Å². The zero-order valence-corrected chi connectivity index (χ0v) is 12.5. The molecule has 0 bridgehead atoms. The van der Waals surface area contributed by atoms with E-state index in [9.17, 15) is 0 Å². The molecule has 0 saturated heterocycles. The standard InChI is InChI=1S/C15H20N2O2S/c1-19-10-8-17(7-9-18)11-14-12-20-15(16-14)13-5-3-2-4-6-13/h2-6,12,18H,7-11H2,1H3. The molecule has 5 heteroatoms. The molecule has 0 aliphatic heterocycles. The van der Waals surface area contributed by atoms with E-state index < -0.39 is 0 Å². The highest BCUT2D eigenvalue weighted by atomic mass is 32.1. The molecule has 1 heterocycles. The molecular weight excluding hydrogens is 272 g/mol. The summed E-state index contributed by atoms with van der Waals surface area (Å²) in [5.74, 6) is 0. The maximum Gasteiger partial charge on any atom is 0.123 e. The Bertz CT molecular complexity index is 502. The number of rotatable bonds is 8. The highest BCUT2D eigenvalue weighted by Gasteiger charge is 2.09. The van der Waals surface area contributed by atoms with Gasteiger partial charge in [-0.3, -0.25) is 4.90 Å². The Labute approximate surface area is 123 Å². The van der Waals surface area contributed by atoms with Gasteiger partial charge in [0.2, 0.25) is 0 Å². The number of nitrogens with zero attached hydrogens (tertiary/aromatic N) is 2. The Balaban J connectivity index is 2.00. The summed E-state index contributed by atoms with van der Waals surface area (Å²) < 4.78 is 5.09. The first-order chi connectivity index (χ1) is 9.83. The number of methoxy groups -OCH3 is 1. The quantitative estimate of drug-likeness (QED) is 0.810. The molecular formula is C15H20N2O2S. The number of hydrogen-bond acceptors (Lipinski definition) is 5. The molecule has 0 aliphatic carbocycles. The summed E-state index contributed by atoms with van der Waals surface area (Å²) in [4.78, 5) is 6.81. The topological polar surface area (TPSA) is 45.6 Å². The maximum absolute atomic E-state index is 9.10. The third-order valence-electron chi connectivity index (χ3n) is 2.99. The fourth-order valence-electron chi connectivity index (χ4n) is 1.95. The highest BCUT2D eigenvalue weighted by molar-refractivity contribution is 7.13. The molecule has 2 aromatic rings. The first-order valence-corrected chi connectivity index (χ1v) is 7.53. The monoisotopic (exact) mass is 292 g/mol. The molecule has 0 aliphatic rings. The lowest BCUT2D eigenvalue weighted by Crippen LogP contribution is -2.29. The Morgan fingerprint density at radius 2 is 2.05 bits per heavy atom. The van der Waals surface area contributed by atoms with E-state index in [2.05, 4.69) is 27.4 Å². The van der Waals surface area contributed by atoms with Crippen LogP contribution < -0.4 is 0 Å². The molecule has 0 spiro atoms. The molecule has 4 nitrogen and oxygen atoms in total. The van der Waals surface area contributed by atoms with Crippen molar-refractivity contribution in [3.8, 4) is 10.6 Å². The predicted octanol–water partition coefficient (Wildman–Crippen LogP) is 2.25. The average molecular weight is 292 g/mol. The van der Waals surface area contributed by atoms with Gasteiger partial charge in [-0.15, -0.1) is 11.3 Å². The van der Waals surface area contributed by atoms with Crippen molar-refractivity contribution >= 4 is 11.3 Å². The Kier molecular flexibility index (Phi) is 6.14. The normalized spacial score (nSPS) is 11.2. The molecule has 0 unspecified atom stereocenters. The van der Waals surface area contributed by atoms with Crippen LogP contribution in [0.5, 0.6) is 0 Å². The molecule has 1 aromatic heterocycles. The molecule has 0 amide bonds. The summed E-state index contributed by atoms with van der Waals surface area (Å²) >= 11 is 1.66. The van der Waals surface area contributed by atoms with Crippen molar-refractivity contribution in [2.45, 2.75) is 6.54 Å². The predicted molar refractivity (Wildman–Crippen MR) is 81.8 cm³/mol. The van der Waals surface area contributed by atoms with E-state index in [0.29, 0.717) is 13.2 Å². The van der Waals surface area contributed by atoms with Gasteiger partial charge in [-0.1, -0.05) is 30.3 Å². The SMILES string of the molecule is COCCN(CCO)Cc1csc(-c2ccccc2)n1. The van der Waals surface area contributed by atoms with Crippen LogP contribution in [0.25, 0.3) is 10.6 Å². The van der Waals surface area contributed by atoms with Gasteiger partial charge in [-0.05, 0) is 0 Å². The third kappa shape index (κ3) is 4.38. The molecule has 2 rings (SSSR count). The molecule has 0 atom stereocenters. The number of benzene rings is 1. The van der Waals surface area contributed by atoms with Gasteiger partial charge in [0.1, 0.15) is 5.01 Å². The average Bonchev–Trinajstić information content (AvgIpc) is 2.94. The smallest absolute Gasteiger partial charge is 0.123 e. The van der Waals surface area contributed by atoms with Gasteiger partial charge in [0, 0.05) is 37.7 Å². The molecule has 0 radical (unpaired) electrons. The van der Waals surface area contributed by atoms with Crippen molar-refractivity contribution in [2.75, 3.05) is 33.4 Å². The van der Waals surface area contributed by atoms with Crippen LogP contribution in [0.3, 0.4) is 0 Å². The van der Waals surface area contributed by atoms with E-state index in [1.165, 1.54) is 0 Å². The molecule has 1 aromatic carbocycles. The first kappa shape index (κ1) is 15.1. The van der Waals surface area contributed by atoms with Gasteiger partial charge in [-0.25, -0.2) is 4.98 Å². The number of aliphatic hydroxyl groups excluding tert-OH is 1. The second-order valence-corrected chi connectivity index (χ2v) is 5.36. The van der Waals surface area contributed by atoms with Crippen molar-refractivity contribution in [2.24, 2.45) is 0 Å². The van der Waals surface area contributed by atoms with Crippen molar-refractivity contribution in [3.63, 3.8) is 0 Å². The molecule has 0 fully saturated rings. The second-order valence-electron chi connectivity index (χ2n) is 4.50.